The molecule has 3 heterocycles. The van der Waals surface area contributed by atoms with Gasteiger partial charge in [0.1, 0.15) is 0 Å². The Labute approximate surface area is 107 Å². The lowest BCUT2D eigenvalue weighted by atomic mass is 10.1. The van der Waals surface area contributed by atoms with Gasteiger partial charge in [-0.1, -0.05) is 18.2 Å². The molecule has 0 atom stereocenters. The van der Waals surface area contributed by atoms with Crippen molar-refractivity contribution in [1.82, 2.24) is 4.40 Å². The first-order chi connectivity index (χ1) is 9.16. The number of nitrogens with zero attached hydrogens (tertiary/aromatic N) is 2. The quantitative estimate of drug-likeness (QED) is 0.623. The molecule has 0 radical (unpaired) electrons. The zero-order valence-corrected chi connectivity index (χ0v) is 9.83. The van der Waals surface area contributed by atoms with Gasteiger partial charge in [0.15, 0.2) is 0 Å². The SMILES string of the molecule is O=c1ccc2c3c(c4ccc([O-])cc4n13)=CCN2O. The second-order valence-electron chi connectivity index (χ2n) is 4.62. The van der Waals surface area contributed by atoms with Crippen molar-refractivity contribution in [3.63, 3.8) is 0 Å². The van der Waals surface area contributed by atoms with E-state index in [2.05, 4.69) is 0 Å². The molecule has 0 spiro atoms. The van der Waals surface area contributed by atoms with Gasteiger partial charge in [-0.2, -0.15) is 0 Å². The molecule has 94 valence electrons. The third-order valence-electron chi connectivity index (χ3n) is 3.57. The van der Waals surface area contributed by atoms with Gasteiger partial charge < -0.3 is 5.11 Å². The molecule has 1 N–H and O–H groups in total. The van der Waals surface area contributed by atoms with E-state index in [0.29, 0.717) is 23.3 Å². The van der Waals surface area contributed by atoms with Gasteiger partial charge in [0.2, 0.25) is 0 Å². The van der Waals surface area contributed by atoms with E-state index in [1.54, 1.807) is 12.1 Å². The summed E-state index contributed by atoms with van der Waals surface area (Å²) in [6.45, 7) is 0.360. The molecule has 0 amide bonds. The van der Waals surface area contributed by atoms with Crippen LogP contribution in [0.4, 0.5) is 5.69 Å². The van der Waals surface area contributed by atoms with Gasteiger partial charge in [0.25, 0.3) is 5.56 Å². The summed E-state index contributed by atoms with van der Waals surface area (Å²) >= 11 is 0. The van der Waals surface area contributed by atoms with Gasteiger partial charge in [-0.05, 0) is 12.1 Å². The lowest BCUT2D eigenvalue weighted by molar-refractivity contribution is -0.268. The highest BCUT2D eigenvalue weighted by atomic mass is 16.5. The van der Waals surface area contributed by atoms with Crippen molar-refractivity contribution < 1.29 is 10.3 Å². The fourth-order valence-electron chi connectivity index (χ4n) is 2.77. The Kier molecular flexibility index (Phi) is 1.79. The predicted octanol–water partition coefficient (Wildman–Crippen LogP) is 0.235. The average Bonchev–Trinajstić information content (AvgIpc) is 2.71. The first-order valence-corrected chi connectivity index (χ1v) is 5.91. The van der Waals surface area contributed by atoms with Crippen molar-refractivity contribution in [2.45, 2.75) is 0 Å². The van der Waals surface area contributed by atoms with Crippen LogP contribution in [0, 0.1) is 0 Å². The van der Waals surface area contributed by atoms with Crippen molar-refractivity contribution in [1.29, 1.82) is 0 Å². The number of pyridine rings is 1. The average molecular weight is 253 g/mol. The van der Waals surface area contributed by atoms with Crippen LogP contribution in [0.25, 0.3) is 22.5 Å². The van der Waals surface area contributed by atoms with Crippen LogP contribution in [0.2, 0.25) is 0 Å². The lowest BCUT2D eigenvalue weighted by Gasteiger charge is -2.19. The monoisotopic (exact) mass is 253 g/mol. The summed E-state index contributed by atoms with van der Waals surface area (Å²) < 4.78 is 1.49. The lowest BCUT2D eigenvalue weighted by Crippen LogP contribution is -2.27. The van der Waals surface area contributed by atoms with Crippen molar-refractivity contribution in [2.24, 2.45) is 0 Å². The first-order valence-electron chi connectivity index (χ1n) is 5.91. The summed E-state index contributed by atoms with van der Waals surface area (Å²) in [7, 11) is 0. The second-order valence-corrected chi connectivity index (χ2v) is 4.62. The second kappa shape index (κ2) is 3.27. The van der Waals surface area contributed by atoms with E-state index in [1.807, 2.05) is 6.08 Å². The third-order valence-corrected chi connectivity index (χ3v) is 3.57. The fourth-order valence-corrected chi connectivity index (χ4v) is 2.77. The molecule has 19 heavy (non-hydrogen) atoms. The number of aromatic nitrogens is 1. The molecule has 0 saturated heterocycles. The molecule has 3 aromatic rings. The van der Waals surface area contributed by atoms with E-state index < -0.39 is 0 Å². The normalized spacial score (nSPS) is 14.1. The van der Waals surface area contributed by atoms with Crippen LogP contribution in [0.3, 0.4) is 0 Å². The van der Waals surface area contributed by atoms with Gasteiger partial charge in [-0.25, -0.2) is 0 Å². The maximum atomic E-state index is 12.1. The Bertz CT molecular complexity index is 943. The van der Waals surface area contributed by atoms with Crippen LogP contribution >= 0.6 is 0 Å². The van der Waals surface area contributed by atoms with Gasteiger partial charge in [0, 0.05) is 16.7 Å². The van der Waals surface area contributed by atoms with Crippen LogP contribution in [0.1, 0.15) is 0 Å². The summed E-state index contributed by atoms with van der Waals surface area (Å²) in [6, 6.07) is 7.68. The van der Waals surface area contributed by atoms with Crippen LogP contribution in [-0.2, 0) is 0 Å². The summed E-state index contributed by atoms with van der Waals surface area (Å²) in [5.41, 5.74) is 1.63. The molecule has 1 aliphatic rings. The molecule has 1 aliphatic heterocycles. The van der Waals surface area contributed by atoms with Crippen molar-refractivity contribution in [2.75, 3.05) is 11.6 Å². The standard InChI is InChI=1S/C14H10N2O3/c17-8-1-2-9-10-5-6-15(19)11-3-4-13(18)16(14(10)11)12(9)7-8/h1-5,7,17,19H,6H2/p-1. The van der Waals surface area contributed by atoms with E-state index in [4.69, 9.17) is 0 Å². The van der Waals surface area contributed by atoms with Crippen LogP contribution in [-0.4, -0.2) is 16.2 Å². The van der Waals surface area contributed by atoms with Gasteiger partial charge in [-0.15, -0.1) is 5.75 Å². The van der Waals surface area contributed by atoms with E-state index in [0.717, 1.165) is 15.7 Å². The molecular formula is C14H9N2O3-. The van der Waals surface area contributed by atoms with Gasteiger partial charge in [-0.3, -0.25) is 19.5 Å². The fraction of sp³-hybridized carbons (Fsp3) is 0.0714. The smallest absolute Gasteiger partial charge is 0.255 e. The zero-order valence-electron chi connectivity index (χ0n) is 9.83. The molecular weight excluding hydrogens is 244 g/mol. The topological polar surface area (TPSA) is 68.0 Å². The summed E-state index contributed by atoms with van der Waals surface area (Å²) in [6.07, 6.45) is 1.86. The number of anilines is 1. The van der Waals surface area contributed by atoms with Crippen molar-refractivity contribution in [3.8, 4) is 5.75 Å². The van der Waals surface area contributed by atoms with Crippen LogP contribution < -0.4 is 20.9 Å². The van der Waals surface area contributed by atoms with E-state index in [9.17, 15) is 15.1 Å². The Morgan fingerprint density at radius 3 is 2.89 bits per heavy atom. The largest absolute Gasteiger partial charge is 0.872 e. The molecule has 5 heteroatoms. The number of rotatable bonds is 0. The van der Waals surface area contributed by atoms with Gasteiger partial charge >= 0.3 is 0 Å². The maximum absolute atomic E-state index is 12.1. The number of hydrogen-bond donors (Lipinski definition) is 1. The van der Waals surface area contributed by atoms with Crippen LogP contribution in [0.15, 0.2) is 35.1 Å². The molecule has 5 nitrogen and oxygen atoms in total. The molecule has 0 bridgehead atoms. The minimum absolute atomic E-state index is 0.136. The number of benzene rings is 1. The Morgan fingerprint density at radius 2 is 2.05 bits per heavy atom. The first kappa shape index (κ1) is 10.4. The van der Waals surface area contributed by atoms with Crippen molar-refractivity contribution >= 4 is 28.2 Å². The minimum Gasteiger partial charge on any atom is -0.872 e. The molecule has 0 fully saturated rings. The number of hydroxylamine groups is 1. The highest BCUT2D eigenvalue weighted by Gasteiger charge is 2.18. The molecule has 0 saturated carbocycles. The number of hydrogen-bond acceptors (Lipinski definition) is 4. The van der Waals surface area contributed by atoms with E-state index in [1.165, 1.54) is 22.6 Å². The Balaban J connectivity index is 2.42. The highest BCUT2D eigenvalue weighted by Crippen LogP contribution is 2.25. The third kappa shape index (κ3) is 1.19. The molecule has 0 unspecified atom stereocenters. The zero-order chi connectivity index (χ0) is 13.1. The molecule has 4 rings (SSSR count). The predicted molar refractivity (Wildman–Crippen MR) is 69.4 cm³/mol. The minimum atomic E-state index is -0.204. The Morgan fingerprint density at radius 1 is 1.21 bits per heavy atom. The van der Waals surface area contributed by atoms with Crippen LogP contribution in [0.5, 0.6) is 5.75 Å². The number of fused-ring (bicyclic) bond motifs is 3. The molecule has 1 aromatic carbocycles. The van der Waals surface area contributed by atoms with E-state index >= 15 is 0 Å². The maximum Gasteiger partial charge on any atom is 0.255 e. The van der Waals surface area contributed by atoms with E-state index in [-0.39, 0.29) is 11.3 Å². The summed E-state index contributed by atoms with van der Waals surface area (Å²) in [4.78, 5) is 12.1. The summed E-state index contributed by atoms with van der Waals surface area (Å²) in [5.74, 6) is -0.136. The Hall–Kier alpha value is -2.53. The molecule has 0 aliphatic carbocycles. The van der Waals surface area contributed by atoms with Gasteiger partial charge in [0.05, 0.1) is 23.3 Å². The highest BCUT2D eigenvalue weighted by molar-refractivity contribution is 5.95. The van der Waals surface area contributed by atoms with Crippen molar-refractivity contribution in [3.05, 3.63) is 45.9 Å². The summed E-state index contributed by atoms with van der Waals surface area (Å²) in [5, 5.41) is 24.2. The molecule has 2 aromatic heterocycles.